The maximum atomic E-state index is 14.1. The summed E-state index contributed by atoms with van der Waals surface area (Å²) in [6.45, 7) is 1.03. The predicted molar refractivity (Wildman–Crippen MR) is 143 cm³/mol. The van der Waals surface area contributed by atoms with E-state index in [2.05, 4.69) is 4.99 Å². The minimum absolute atomic E-state index is 0.0301. The average molecular weight is 523 g/mol. The third-order valence-corrected chi connectivity index (χ3v) is 6.61. The number of halogens is 2. The first-order valence-corrected chi connectivity index (χ1v) is 12.0. The van der Waals surface area contributed by atoms with Crippen molar-refractivity contribution in [3.63, 3.8) is 0 Å². The Morgan fingerprint density at radius 1 is 1.03 bits per heavy atom. The Morgan fingerprint density at radius 3 is 2.17 bits per heavy atom. The van der Waals surface area contributed by atoms with Gasteiger partial charge in [-0.25, -0.2) is 4.99 Å². The molecule has 36 heavy (non-hydrogen) atoms. The molecule has 7 nitrogen and oxygen atoms in total. The van der Waals surface area contributed by atoms with Gasteiger partial charge in [0, 0.05) is 48.5 Å². The monoisotopic (exact) mass is 522 g/mol. The van der Waals surface area contributed by atoms with E-state index in [1.165, 1.54) is 12.1 Å². The average Bonchev–Trinajstić information content (AvgIpc) is 2.90. The molecular weight excluding hydrogens is 499 g/mol. The van der Waals surface area contributed by atoms with Gasteiger partial charge >= 0.3 is 0 Å². The molecule has 0 unspecified atom stereocenters. The highest BCUT2D eigenvalue weighted by molar-refractivity contribution is 6.30. The van der Waals surface area contributed by atoms with Gasteiger partial charge in [0.1, 0.15) is 0 Å². The van der Waals surface area contributed by atoms with Crippen molar-refractivity contribution >= 4 is 41.1 Å². The van der Waals surface area contributed by atoms with Gasteiger partial charge in [0.15, 0.2) is 0 Å². The van der Waals surface area contributed by atoms with Crippen molar-refractivity contribution in [2.75, 3.05) is 20.1 Å². The minimum Gasteiger partial charge on any atom is -0.356 e. The molecule has 1 amide bonds. The normalized spacial score (nSPS) is 13.6. The number of rotatable bonds is 8. The topological polar surface area (TPSA) is 79.0 Å². The molecule has 0 aliphatic carbocycles. The van der Waals surface area contributed by atoms with E-state index in [9.17, 15) is 14.9 Å². The Balaban J connectivity index is 1.74. The number of hydrogen-bond acceptors (Lipinski definition) is 5. The zero-order valence-corrected chi connectivity index (χ0v) is 21.0. The lowest BCUT2D eigenvalue weighted by molar-refractivity contribution is -0.385. The molecule has 0 spiro atoms. The molecule has 4 rings (SSSR count). The fourth-order valence-corrected chi connectivity index (χ4v) is 4.46. The molecule has 1 aliphatic heterocycles. The van der Waals surface area contributed by atoms with Crippen LogP contribution in [0.3, 0.4) is 0 Å². The maximum Gasteiger partial charge on any atom is 0.269 e. The van der Waals surface area contributed by atoms with Crippen LogP contribution in [0.1, 0.15) is 28.7 Å². The van der Waals surface area contributed by atoms with E-state index >= 15 is 0 Å². The van der Waals surface area contributed by atoms with Crippen molar-refractivity contribution in [3.05, 3.63) is 122 Å². The molecule has 0 saturated carbocycles. The molecule has 0 saturated heterocycles. The fraction of sp³-hybridized carbons (Fsp3) is 0.185. The summed E-state index contributed by atoms with van der Waals surface area (Å²) >= 11 is 12.2. The van der Waals surface area contributed by atoms with Gasteiger partial charge in [0.2, 0.25) is 5.91 Å². The van der Waals surface area contributed by atoms with Gasteiger partial charge in [-0.3, -0.25) is 14.9 Å². The van der Waals surface area contributed by atoms with Crippen molar-refractivity contribution in [1.29, 1.82) is 0 Å². The number of aliphatic imine (C=N–C) groups is 1. The zero-order chi connectivity index (χ0) is 25.7. The molecule has 0 bridgehead atoms. The predicted octanol–water partition coefficient (Wildman–Crippen LogP) is 6.09. The summed E-state index contributed by atoms with van der Waals surface area (Å²) in [5.74, 6) is -0.790. The number of hydrogen-bond donors (Lipinski definition) is 0. The lowest BCUT2D eigenvalue weighted by Crippen LogP contribution is -2.41. The van der Waals surface area contributed by atoms with Gasteiger partial charge in [-0.05, 0) is 47.0 Å². The van der Waals surface area contributed by atoms with Gasteiger partial charge in [-0.2, -0.15) is 0 Å². The van der Waals surface area contributed by atoms with Crippen molar-refractivity contribution in [2.45, 2.75) is 12.0 Å². The first kappa shape index (κ1) is 25.4. The molecule has 0 N–H and O–H groups in total. The Labute approximate surface area is 219 Å². The van der Waals surface area contributed by atoms with E-state index in [4.69, 9.17) is 23.2 Å². The first-order chi connectivity index (χ1) is 17.3. The number of likely N-dealkylation sites (N-methyl/N-ethyl adjacent to an activating group) is 1. The number of nitro groups is 1. The second-order valence-electron chi connectivity index (χ2n) is 8.46. The zero-order valence-electron chi connectivity index (χ0n) is 19.5. The van der Waals surface area contributed by atoms with Crippen LogP contribution in [0.4, 0.5) is 5.69 Å². The SMILES string of the molecule is CN(C(=O)C(c1ccc(Cl)cc1)c1ccc(Cl)cc1)[C@H](CN1C=NC=CC1)c1cccc([N+](=O)[O-])c1. The van der Waals surface area contributed by atoms with Crippen LogP contribution in [0, 0.1) is 10.1 Å². The van der Waals surface area contributed by atoms with Crippen LogP contribution in [0.2, 0.25) is 10.0 Å². The third-order valence-electron chi connectivity index (χ3n) is 6.10. The summed E-state index contributed by atoms with van der Waals surface area (Å²) in [6.07, 6.45) is 5.33. The van der Waals surface area contributed by atoms with E-state index in [1.807, 2.05) is 35.2 Å². The van der Waals surface area contributed by atoms with E-state index in [-0.39, 0.29) is 11.6 Å². The summed E-state index contributed by atoms with van der Waals surface area (Å²) in [5, 5.41) is 12.6. The van der Waals surface area contributed by atoms with Crippen molar-refractivity contribution in [1.82, 2.24) is 9.80 Å². The second kappa shape index (κ2) is 11.4. The largest absolute Gasteiger partial charge is 0.356 e. The number of non-ortho nitro benzene ring substituents is 1. The molecule has 1 aliphatic rings. The smallest absolute Gasteiger partial charge is 0.269 e. The Morgan fingerprint density at radius 2 is 1.64 bits per heavy atom. The molecule has 184 valence electrons. The highest BCUT2D eigenvalue weighted by atomic mass is 35.5. The minimum atomic E-state index is -0.624. The van der Waals surface area contributed by atoms with E-state index in [1.54, 1.807) is 60.9 Å². The number of nitro benzene ring substituents is 1. The Kier molecular flexibility index (Phi) is 8.03. The molecule has 0 aromatic heterocycles. The molecular formula is C27H24Cl2N4O3. The van der Waals surface area contributed by atoms with Gasteiger partial charge in [-0.15, -0.1) is 0 Å². The third kappa shape index (κ3) is 5.93. The highest BCUT2D eigenvalue weighted by Crippen LogP contribution is 2.33. The quantitative estimate of drug-likeness (QED) is 0.264. The van der Waals surface area contributed by atoms with Crippen LogP contribution < -0.4 is 0 Å². The summed E-state index contributed by atoms with van der Waals surface area (Å²) in [7, 11) is 1.72. The van der Waals surface area contributed by atoms with E-state index < -0.39 is 16.9 Å². The number of benzene rings is 3. The Hall–Kier alpha value is -3.68. The van der Waals surface area contributed by atoms with Crippen LogP contribution in [0.25, 0.3) is 0 Å². The summed E-state index contributed by atoms with van der Waals surface area (Å²) < 4.78 is 0. The molecule has 3 aromatic rings. The van der Waals surface area contributed by atoms with Crippen molar-refractivity contribution in [2.24, 2.45) is 4.99 Å². The summed E-state index contributed by atoms with van der Waals surface area (Å²) in [6, 6.07) is 20.3. The van der Waals surface area contributed by atoms with Crippen LogP contribution >= 0.6 is 23.2 Å². The van der Waals surface area contributed by atoms with Crippen molar-refractivity contribution in [3.8, 4) is 0 Å². The number of amides is 1. The highest BCUT2D eigenvalue weighted by Gasteiger charge is 2.32. The summed E-state index contributed by atoms with van der Waals surface area (Å²) in [4.78, 5) is 33.0. The molecule has 1 atom stereocenters. The maximum absolute atomic E-state index is 14.1. The molecule has 0 fully saturated rings. The van der Waals surface area contributed by atoms with E-state index in [0.717, 1.165) is 11.1 Å². The molecule has 1 heterocycles. The number of nitrogens with zero attached hydrogens (tertiary/aromatic N) is 4. The first-order valence-electron chi connectivity index (χ1n) is 11.3. The van der Waals surface area contributed by atoms with Gasteiger partial charge in [-0.1, -0.05) is 59.6 Å². The number of carbonyl (C=O) groups is 1. The van der Waals surface area contributed by atoms with Crippen LogP contribution in [0.15, 0.2) is 90.1 Å². The second-order valence-corrected chi connectivity index (χ2v) is 9.33. The molecule has 0 radical (unpaired) electrons. The van der Waals surface area contributed by atoms with Crippen molar-refractivity contribution < 1.29 is 9.72 Å². The van der Waals surface area contributed by atoms with Gasteiger partial charge in [0.05, 0.1) is 23.2 Å². The molecule has 9 heteroatoms. The number of carbonyl (C=O) groups excluding carboxylic acids is 1. The summed E-state index contributed by atoms with van der Waals surface area (Å²) in [5.41, 5.74) is 2.18. The Bertz CT molecular complexity index is 1250. The van der Waals surface area contributed by atoms with Crippen LogP contribution in [-0.2, 0) is 4.79 Å². The molecule has 3 aromatic carbocycles. The van der Waals surface area contributed by atoms with Gasteiger partial charge < -0.3 is 9.80 Å². The van der Waals surface area contributed by atoms with E-state index in [0.29, 0.717) is 28.7 Å². The van der Waals surface area contributed by atoms with Crippen LogP contribution in [-0.4, -0.2) is 47.1 Å². The van der Waals surface area contributed by atoms with Gasteiger partial charge in [0.25, 0.3) is 5.69 Å². The fourth-order valence-electron chi connectivity index (χ4n) is 4.21. The lowest BCUT2D eigenvalue weighted by Gasteiger charge is -2.35. The standard InChI is InChI=1S/C27H24Cl2N4O3/c1-31(25(17-32-15-3-14-30-18-32)21-4-2-5-24(16-21)33(35)36)27(34)26(19-6-10-22(28)11-7-19)20-8-12-23(29)13-9-20/h2-14,16,18,25-26H,15,17H2,1H3/t25-/m1/s1. The lowest BCUT2D eigenvalue weighted by atomic mass is 9.89. The van der Waals surface area contributed by atoms with Crippen LogP contribution in [0.5, 0.6) is 0 Å².